The fourth-order valence-corrected chi connectivity index (χ4v) is 5.85. The van der Waals surface area contributed by atoms with Crippen LogP contribution in [0.25, 0.3) is 0 Å². The highest BCUT2D eigenvalue weighted by atomic mass is 28.4. The number of rotatable bonds is 9. The minimum absolute atomic E-state index is 0.0250. The van der Waals surface area contributed by atoms with Crippen LogP contribution >= 0.6 is 0 Å². The van der Waals surface area contributed by atoms with Crippen molar-refractivity contribution >= 4 is 20.4 Å². The summed E-state index contributed by atoms with van der Waals surface area (Å²) in [6, 6.07) is 11.5. The number of amides is 1. The van der Waals surface area contributed by atoms with E-state index < -0.39 is 31.7 Å². The van der Waals surface area contributed by atoms with Gasteiger partial charge in [0.05, 0.1) is 0 Å². The molecule has 0 radical (unpaired) electrons. The molecule has 0 aliphatic heterocycles. The van der Waals surface area contributed by atoms with Crippen LogP contribution in [0.15, 0.2) is 30.3 Å². The first kappa shape index (κ1) is 23.2. The Balaban J connectivity index is 3.32. The molecule has 0 spiro atoms. The zero-order valence-electron chi connectivity index (χ0n) is 17.3. The van der Waals surface area contributed by atoms with Crippen LogP contribution in [-0.2, 0) is 20.4 Å². The van der Waals surface area contributed by atoms with Gasteiger partial charge < -0.3 is 14.3 Å². The Morgan fingerprint density at radius 3 is 1.96 bits per heavy atom. The molecule has 6 nitrogen and oxygen atoms in total. The molecule has 1 rings (SSSR count). The highest BCUT2D eigenvalue weighted by Gasteiger charge is 2.48. The van der Waals surface area contributed by atoms with Gasteiger partial charge in [-0.2, -0.15) is 0 Å². The van der Waals surface area contributed by atoms with Crippen molar-refractivity contribution < 1.29 is 23.9 Å². The predicted octanol–water partition coefficient (Wildman–Crippen LogP) is 4.56. The molecule has 0 aromatic heterocycles. The van der Waals surface area contributed by atoms with Crippen LogP contribution in [0.4, 0.5) is 4.79 Å². The van der Waals surface area contributed by atoms with Crippen LogP contribution < -0.4 is 5.32 Å². The lowest BCUT2D eigenvalue weighted by molar-refractivity contribution is -0.159. The second-order valence-electron chi connectivity index (χ2n) is 7.77. The first-order valence-electron chi connectivity index (χ1n) is 9.50. The molecule has 0 bridgehead atoms. The molecule has 27 heavy (non-hydrogen) atoms. The van der Waals surface area contributed by atoms with Crippen molar-refractivity contribution in [2.45, 2.75) is 77.4 Å². The first-order chi connectivity index (χ1) is 12.5. The van der Waals surface area contributed by atoms with E-state index in [1.165, 1.54) is 0 Å². The molecule has 1 amide bonds. The van der Waals surface area contributed by atoms with Gasteiger partial charge in [-0.3, -0.25) is 5.32 Å². The fourth-order valence-electron chi connectivity index (χ4n) is 2.97. The Hall–Kier alpha value is -1.86. The van der Waals surface area contributed by atoms with E-state index in [2.05, 4.69) is 5.32 Å². The van der Waals surface area contributed by atoms with Crippen molar-refractivity contribution in [3.05, 3.63) is 35.9 Å². The minimum Gasteiger partial charge on any atom is -0.478 e. The van der Waals surface area contributed by atoms with Crippen LogP contribution in [0.5, 0.6) is 0 Å². The van der Waals surface area contributed by atoms with Gasteiger partial charge in [0, 0.05) is 6.42 Å². The van der Waals surface area contributed by atoms with Gasteiger partial charge in [0.25, 0.3) is 0 Å². The maximum absolute atomic E-state index is 12.5. The van der Waals surface area contributed by atoms with E-state index in [0.29, 0.717) is 0 Å². The molecule has 1 aromatic carbocycles. The number of carboxylic acid groups (broad SMARTS) is 1. The number of hydrogen-bond donors (Lipinski definition) is 2. The number of benzene rings is 1. The first-order valence-corrected chi connectivity index (χ1v) is 12.0. The lowest BCUT2D eigenvalue weighted by Crippen LogP contribution is -2.63. The Labute approximate surface area is 163 Å². The van der Waals surface area contributed by atoms with Gasteiger partial charge in [-0.15, -0.1) is 0 Å². The van der Waals surface area contributed by atoms with E-state index in [1.807, 2.05) is 51.1 Å². The Bertz CT molecular complexity index is 617. The molecule has 0 fully saturated rings. The molecule has 7 heteroatoms. The van der Waals surface area contributed by atoms with Gasteiger partial charge >= 0.3 is 12.1 Å². The van der Waals surface area contributed by atoms with Crippen molar-refractivity contribution in [1.82, 2.24) is 5.32 Å². The van der Waals surface area contributed by atoms with Gasteiger partial charge in [0.2, 0.25) is 5.72 Å². The topological polar surface area (TPSA) is 84.9 Å². The molecule has 0 saturated carbocycles. The lowest BCUT2D eigenvalue weighted by atomic mass is 10.0. The molecule has 0 saturated heterocycles. The molecule has 0 aliphatic carbocycles. The van der Waals surface area contributed by atoms with E-state index in [-0.39, 0.29) is 6.42 Å². The summed E-state index contributed by atoms with van der Waals surface area (Å²) >= 11 is 0. The fraction of sp³-hybridized carbons (Fsp3) is 0.600. The van der Waals surface area contributed by atoms with Crippen LogP contribution in [0.2, 0.25) is 18.1 Å². The third-order valence-corrected chi connectivity index (χ3v) is 9.32. The van der Waals surface area contributed by atoms with E-state index in [1.54, 1.807) is 20.8 Å². The third-order valence-electron chi connectivity index (χ3n) is 4.67. The van der Waals surface area contributed by atoms with Gasteiger partial charge in [-0.1, -0.05) is 51.1 Å². The number of ether oxygens (including phenoxy) is 1. The van der Waals surface area contributed by atoms with Crippen molar-refractivity contribution in [2.75, 3.05) is 0 Å². The van der Waals surface area contributed by atoms with Crippen molar-refractivity contribution in [1.29, 1.82) is 0 Å². The average Bonchev–Trinajstić information content (AvgIpc) is 2.58. The van der Waals surface area contributed by atoms with E-state index in [4.69, 9.17) is 9.16 Å². The summed E-state index contributed by atoms with van der Waals surface area (Å²) in [6.07, 6.45) is -0.774. The molecule has 2 N–H and O–H groups in total. The van der Waals surface area contributed by atoms with E-state index >= 15 is 0 Å². The summed E-state index contributed by atoms with van der Waals surface area (Å²) in [5, 5.41) is 12.7. The monoisotopic (exact) mass is 395 g/mol. The normalized spacial score (nSPS) is 14.3. The number of hydrogen-bond acceptors (Lipinski definition) is 4. The highest BCUT2D eigenvalue weighted by molar-refractivity contribution is 6.73. The molecule has 0 aliphatic rings. The summed E-state index contributed by atoms with van der Waals surface area (Å²) in [7, 11) is -2.35. The standard InChI is InChI=1S/C20H33NO5Si/c1-7-27(8-2,9-3)26-20(17(22)23,15-16-13-11-10-12-14-16)21-18(24)25-19(4,5)6/h10-14H,7-9,15H2,1-6H3,(H,21,24)(H,22,23). The number of alkyl carbamates (subject to hydrolysis) is 1. The van der Waals surface area contributed by atoms with Crippen molar-refractivity contribution in [3.8, 4) is 0 Å². The van der Waals surface area contributed by atoms with Crippen molar-refractivity contribution in [3.63, 3.8) is 0 Å². The SMILES string of the molecule is CC[Si](CC)(CC)OC(Cc1ccccc1)(NC(=O)OC(C)(C)C)C(=O)O. The highest BCUT2D eigenvalue weighted by Crippen LogP contribution is 2.30. The Morgan fingerprint density at radius 1 is 1.04 bits per heavy atom. The third kappa shape index (κ3) is 6.66. The number of carboxylic acids is 1. The van der Waals surface area contributed by atoms with Crippen LogP contribution in [0.1, 0.15) is 47.1 Å². The maximum atomic E-state index is 12.5. The number of nitrogens with one attached hydrogen (secondary N) is 1. The molecule has 1 atom stereocenters. The number of carbonyl (C=O) groups is 2. The van der Waals surface area contributed by atoms with Crippen molar-refractivity contribution in [2.24, 2.45) is 0 Å². The molecule has 0 heterocycles. The summed E-state index contributed by atoms with van der Waals surface area (Å²) in [6.45, 7) is 11.2. The summed E-state index contributed by atoms with van der Waals surface area (Å²) in [5.74, 6) is -1.22. The second kappa shape index (κ2) is 9.37. The largest absolute Gasteiger partial charge is 0.478 e. The molecular formula is C20H33NO5Si. The molecule has 1 unspecified atom stereocenters. The predicted molar refractivity (Wildman–Crippen MR) is 108 cm³/mol. The van der Waals surface area contributed by atoms with Gasteiger partial charge in [-0.05, 0) is 44.5 Å². The molecule has 152 valence electrons. The summed E-state index contributed by atoms with van der Waals surface area (Å²) < 4.78 is 11.7. The van der Waals surface area contributed by atoms with Gasteiger partial charge in [-0.25, -0.2) is 9.59 Å². The second-order valence-corrected chi connectivity index (χ2v) is 12.5. The molecular weight excluding hydrogens is 362 g/mol. The number of carbonyl (C=O) groups excluding carboxylic acids is 1. The smallest absolute Gasteiger partial charge is 0.410 e. The summed E-state index contributed by atoms with van der Waals surface area (Å²) in [4.78, 5) is 24.8. The number of aliphatic carboxylic acids is 1. The van der Waals surface area contributed by atoms with Gasteiger partial charge in [0.15, 0.2) is 8.32 Å². The lowest BCUT2D eigenvalue weighted by Gasteiger charge is -2.40. The Kier molecular flexibility index (Phi) is 8.04. The van der Waals surface area contributed by atoms with Gasteiger partial charge in [0.1, 0.15) is 5.60 Å². The van der Waals surface area contributed by atoms with Crippen LogP contribution in [0.3, 0.4) is 0 Å². The van der Waals surface area contributed by atoms with E-state index in [9.17, 15) is 14.7 Å². The quantitative estimate of drug-likeness (QED) is 0.473. The maximum Gasteiger partial charge on any atom is 0.410 e. The zero-order chi connectivity index (χ0) is 20.7. The minimum atomic E-state index is -2.35. The van der Waals surface area contributed by atoms with Crippen LogP contribution in [-0.4, -0.2) is 36.8 Å². The Morgan fingerprint density at radius 2 is 1.56 bits per heavy atom. The summed E-state index contributed by atoms with van der Waals surface area (Å²) in [5.41, 5.74) is -1.84. The zero-order valence-corrected chi connectivity index (χ0v) is 18.3. The van der Waals surface area contributed by atoms with Crippen LogP contribution in [0, 0.1) is 0 Å². The van der Waals surface area contributed by atoms with E-state index in [0.717, 1.165) is 23.7 Å². The molecule has 1 aromatic rings. The average molecular weight is 396 g/mol.